The molecule has 0 saturated carbocycles. The molecule has 0 amide bonds. The van der Waals surface area contributed by atoms with Gasteiger partial charge in [-0.3, -0.25) is 9.88 Å². The van der Waals surface area contributed by atoms with Crippen LogP contribution in [-0.2, 0) is 6.54 Å². The maximum Gasteiger partial charge on any atom is 0.0636 e. The van der Waals surface area contributed by atoms with Gasteiger partial charge in [0.2, 0.25) is 0 Å². The molecule has 2 aromatic rings. The maximum atomic E-state index is 4.24. The second-order valence-corrected chi connectivity index (χ2v) is 6.82. The second kappa shape index (κ2) is 8.34. The van der Waals surface area contributed by atoms with Gasteiger partial charge in [0.05, 0.1) is 11.9 Å². The van der Waals surface area contributed by atoms with Gasteiger partial charge in [-0.15, -0.1) is 24.8 Å². The third kappa shape index (κ3) is 3.94. The zero-order chi connectivity index (χ0) is 14.8. The molecule has 4 rings (SSSR count). The SMILES string of the molecule is Cl.Cl.c1cncc(-n2cccc2CN2CCC3(CCCNC3)C2)c1. The number of hydrogen-bond donors (Lipinski definition) is 1. The summed E-state index contributed by atoms with van der Waals surface area (Å²) in [6.45, 7) is 5.89. The quantitative estimate of drug-likeness (QED) is 0.901. The van der Waals surface area contributed by atoms with Gasteiger partial charge >= 0.3 is 0 Å². The third-order valence-corrected chi connectivity index (χ3v) is 5.22. The lowest BCUT2D eigenvalue weighted by atomic mass is 9.80. The summed E-state index contributed by atoms with van der Waals surface area (Å²) >= 11 is 0. The van der Waals surface area contributed by atoms with Crippen LogP contribution in [0, 0.1) is 5.41 Å². The van der Waals surface area contributed by atoms with E-state index >= 15 is 0 Å². The molecule has 2 aromatic heterocycles. The molecule has 2 saturated heterocycles. The Balaban J connectivity index is 0.00000104. The highest BCUT2D eigenvalue weighted by Gasteiger charge is 2.38. The summed E-state index contributed by atoms with van der Waals surface area (Å²) in [5.41, 5.74) is 3.04. The number of aromatic nitrogens is 2. The molecule has 2 fully saturated rings. The fraction of sp³-hybridized carbons (Fsp3) is 0.500. The monoisotopic (exact) mass is 368 g/mol. The zero-order valence-electron chi connectivity index (χ0n) is 13.9. The first-order valence-electron chi connectivity index (χ1n) is 8.34. The summed E-state index contributed by atoms with van der Waals surface area (Å²) < 4.78 is 2.26. The van der Waals surface area contributed by atoms with Gasteiger partial charge in [-0.2, -0.15) is 0 Å². The lowest BCUT2D eigenvalue weighted by Crippen LogP contribution is -2.41. The van der Waals surface area contributed by atoms with Crippen LogP contribution in [0.5, 0.6) is 0 Å². The largest absolute Gasteiger partial charge is 0.318 e. The second-order valence-electron chi connectivity index (χ2n) is 6.82. The van der Waals surface area contributed by atoms with Gasteiger partial charge in [0.1, 0.15) is 0 Å². The fourth-order valence-corrected chi connectivity index (χ4v) is 4.06. The molecule has 132 valence electrons. The van der Waals surface area contributed by atoms with Crippen molar-refractivity contribution in [3.8, 4) is 5.69 Å². The van der Waals surface area contributed by atoms with E-state index in [1.165, 1.54) is 51.1 Å². The van der Waals surface area contributed by atoms with Gasteiger partial charge in [-0.05, 0) is 62.0 Å². The summed E-state index contributed by atoms with van der Waals surface area (Å²) in [7, 11) is 0. The van der Waals surface area contributed by atoms with Crippen molar-refractivity contribution in [2.75, 3.05) is 26.2 Å². The zero-order valence-corrected chi connectivity index (χ0v) is 15.5. The summed E-state index contributed by atoms with van der Waals surface area (Å²) in [6, 6.07) is 8.48. The minimum atomic E-state index is 0. The van der Waals surface area contributed by atoms with E-state index in [9.17, 15) is 0 Å². The number of pyridine rings is 1. The summed E-state index contributed by atoms with van der Waals surface area (Å²) in [4.78, 5) is 6.86. The van der Waals surface area contributed by atoms with Crippen molar-refractivity contribution in [2.45, 2.75) is 25.8 Å². The average molecular weight is 369 g/mol. The topological polar surface area (TPSA) is 33.1 Å². The molecule has 2 aliphatic heterocycles. The van der Waals surface area contributed by atoms with Crippen molar-refractivity contribution in [1.82, 2.24) is 19.8 Å². The molecular formula is C18H26Cl2N4. The minimum absolute atomic E-state index is 0. The number of piperidine rings is 1. The van der Waals surface area contributed by atoms with E-state index in [4.69, 9.17) is 0 Å². The molecule has 0 radical (unpaired) electrons. The first-order chi connectivity index (χ1) is 10.8. The molecule has 6 heteroatoms. The smallest absolute Gasteiger partial charge is 0.0636 e. The number of hydrogen-bond acceptors (Lipinski definition) is 3. The molecule has 4 nitrogen and oxygen atoms in total. The molecule has 1 unspecified atom stereocenters. The summed E-state index contributed by atoms with van der Waals surface area (Å²) in [5.74, 6) is 0. The van der Waals surface area contributed by atoms with Gasteiger partial charge in [-0.25, -0.2) is 0 Å². The van der Waals surface area contributed by atoms with Crippen LogP contribution in [0.2, 0.25) is 0 Å². The lowest BCUT2D eigenvalue weighted by molar-refractivity contribution is 0.198. The van der Waals surface area contributed by atoms with Gasteiger partial charge in [-0.1, -0.05) is 0 Å². The van der Waals surface area contributed by atoms with E-state index in [0.29, 0.717) is 5.41 Å². The highest BCUT2D eigenvalue weighted by molar-refractivity contribution is 5.85. The Hall–Kier alpha value is -1.07. The first kappa shape index (κ1) is 19.3. The third-order valence-electron chi connectivity index (χ3n) is 5.22. The van der Waals surface area contributed by atoms with E-state index in [2.05, 4.69) is 44.2 Å². The molecule has 0 aliphatic carbocycles. The molecule has 2 aliphatic rings. The van der Waals surface area contributed by atoms with Crippen LogP contribution in [-0.4, -0.2) is 40.6 Å². The maximum absolute atomic E-state index is 4.24. The number of likely N-dealkylation sites (tertiary alicyclic amines) is 1. The number of halogens is 2. The van der Waals surface area contributed by atoms with Crippen LogP contribution >= 0.6 is 24.8 Å². The van der Waals surface area contributed by atoms with Crippen molar-refractivity contribution in [1.29, 1.82) is 0 Å². The molecule has 24 heavy (non-hydrogen) atoms. The Bertz CT molecular complexity index is 623. The summed E-state index contributed by atoms with van der Waals surface area (Å²) in [5, 5.41) is 3.59. The van der Waals surface area contributed by atoms with Crippen molar-refractivity contribution in [2.24, 2.45) is 5.41 Å². The van der Waals surface area contributed by atoms with E-state index in [0.717, 1.165) is 12.2 Å². The summed E-state index contributed by atoms with van der Waals surface area (Å²) in [6.07, 6.45) is 9.96. The van der Waals surface area contributed by atoms with E-state index in [1.807, 2.05) is 18.5 Å². The first-order valence-corrected chi connectivity index (χ1v) is 8.34. The number of rotatable bonds is 3. The highest BCUT2D eigenvalue weighted by Crippen LogP contribution is 2.37. The highest BCUT2D eigenvalue weighted by atomic mass is 35.5. The standard InChI is InChI=1S/C18H24N4.2ClH/c1-4-16(12-19-8-1)22-10-2-5-17(22)13-21-11-7-18(15-21)6-3-9-20-14-18;;/h1-2,4-5,8,10,12,20H,3,6-7,9,11,13-15H2;2*1H. The minimum Gasteiger partial charge on any atom is -0.318 e. The molecule has 4 heterocycles. The van der Waals surface area contributed by atoms with Crippen molar-refractivity contribution < 1.29 is 0 Å². The van der Waals surface area contributed by atoms with Gasteiger partial charge in [0.15, 0.2) is 0 Å². The van der Waals surface area contributed by atoms with Crippen molar-refractivity contribution in [3.63, 3.8) is 0 Å². The van der Waals surface area contributed by atoms with Gasteiger partial charge < -0.3 is 9.88 Å². The molecule has 0 aromatic carbocycles. The van der Waals surface area contributed by atoms with Gasteiger partial charge in [0.25, 0.3) is 0 Å². The Labute approximate surface area is 156 Å². The van der Waals surface area contributed by atoms with Crippen LogP contribution in [0.1, 0.15) is 25.0 Å². The van der Waals surface area contributed by atoms with E-state index in [1.54, 1.807) is 0 Å². The molecular weight excluding hydrogens is 343 g/mol. The Morgan fingerprint density at radius 3 is 2.83 bits per heavy atom. The number of nitrogens with zero attached hydrogens (tertiary/aromatic N) is 3. The fourth-order valence-electron chi connectivity index (χ4n) is 4.06. The molecule has 1 N–H and O–H groups in total. The van der Waals surface area contributed by atoms with Crippen LogP contribution < -0.4 is 5.32 Å². The predicted octanol–water partition coefficient (Wildman–Crippen LogP) is 3.29. The Morgan fingerprint density at radius 1 is 1.17 bits per heavy atom. The molecule has 1 spiro atoms. The van der Waals surface area contributed by atoms with Gasteiger partial charge in [0, 0.05) is 37.7 Å². The molecule has 1 atom stereocenters. The van der Waals surface area contributed by atoms with Crippen LogP contribution in [0.3, 0.4) is 0 Å². The molecule has 0 bridgehead atoms. The van der Waals surface area contributed by atoms with Crippen LogP contribution in [0.15, 0.2) is 42.9 Å². The normalized spacial score (nSPS) is 23.7. The lowest BCUT2D eigenvalue weighted by Gasteiger charge is -2.34. The Morgan fingerprint density at radius 2 is 2.08 bits per heavy atom. The van der Waals surface area contributed by atoms with E-state index < -0.39 is 0 Å². The number of nitrogens with one attached hydrogen (secondary N) is 1. The average Bonchev–Trinajstić information content (AvgIpc) is 3.17. The van der Waals surface area contributed by atoms with E-state index in [-0.39, 0.29) is 24.8 Å². The Kier molecular flexibility index (Phi) is 6.70. The van der Waals surface area contributed by atoms with Crippen LogP contribution in [0.25, 0.3) is 5.69 Å². The van der Waals surface area contributed by atoms with Crippen molar-refractivity contribution in [3.05, 3.63) is 48.5 Å². The van der Waals surface area contributed by atoms with Crippen molar-refractivity contribution >= 4 is 24.8 Å². The predicted molar refractivity (Wildman–Crippen MR) is 102 cm³/mol. The van der Waals surface area contributed by atoms with Crippen LogP contribution in [0.4, 0.5) is 0 Å².